The standard InChI is InChI=1S/C15H17N3O3/c1-11-4-3-5-12(10-11)16-15(20)13-6-7-14(19)18(17-13)8-9-21-2/h3-7,10H,8-9H2,1-2H3,(H,16,20). The summed E-state index contributed by atoms with van der Waals surface area (Å²) in [6.07, 6.45) is 0. The van der Waals surface area contributed by atoms with E-state index in [-0.39, 0.29) is 17.2 Å². The number of carbonyl (C=O) groups is 1. The Balaban J connectivity index is 2.17. The SMILES string of the molecule is COCCn1nc(C(=O)Nc2cccc(C)c2)ccc1=O. The Morgan fingerprint density at radius 1 is 1.33 bits per heavy atom. The molecule has 2 aromatic rings. The van der Waals surface area contributed by atoms with Crippen molar-refractivity contribution in [3.05, 3.63) is 58.0 Å². The summed E-state index contributed by atoms with van der Waals surface area (Å²) in [7, 11) is 1.54. The van der Waals surface area contributed by atoms with E-state index in [1.54, 1.807) is 13.2 Å². The number of aromatic nitrogens is 2. The van der Waals surface area contributed by atoms with Gasteiger partial charge in [-0.2, -0.15) is 5.10 Å². The summed E-state index contributed by atoms with van der Waals surface area (Å²) in [5, 5.41) is 6.79. The summed E-state index contributed by atoms with van der Waals surface area (Å²) in [6, 6.07) is 10.2. The van der Waals surface area contributed by atoms with E-state index in [0.717, 1.165) is 5.56 Å². The quantitative estimate of drug-likeness (QED) is 0.903. The van der Waals surface area contributed by atoms with Gasteiger partial charge in [0.15, 0.2) is 0 Å². The number of nitrogens with one attached hydrogen (secondary N) is 1. The molecular weight excluding hydrogens is 270 g/mol. The Morgan fingerprint density at radius 2 is 2.14 bits per heavy atom. The highest BCUT2D eigenvalue weighted by Crippen LogP contribution is 2.10. The molecule has 0 aliphatic heterocycles. The van der Waals surface area contributed by atoms with Crippen LogP contribution in [0.4, 0.5) is 5.69 Å². The van der Waals surface area contributed by atoms with Crippen molar-refractivity contribution in [3.8, 4) is 0 Å². The van der Waals surface area contributed by atoms with Crippen molar-refractivity contribution in [2.24, 2.45) is 0 Å². The molecule has 1 amide bonds. The fourth-order valence-electron chi connectivity index (χ4n) is 1.83. The lowest BCUT2D eigenvalue weighted by Gasteiger charge is -2.08. The molecule has 1 N–H and O–H groups in total. The molecule has 6 nitrogen and oxygen atoms in total. The average Bonchev–Trinajstić information content (AvgIpc) is 2.46. The number of amides is 1. The second-order valence-electron chi connectivity index (χ2n) is 4.60. The van der Waals surface area contributed by atoms with E-state index in [4.69, 9.17) is 4.74 Å². The van der Waals surface area contributed by atoms with Gasteiger partial charge in [-0.3, -0.25) is 9.59 Å². The van der Waals surface area contributed by atoms with Crippen molar-refractivity contribution in [2.45, 2.75) is 13.5 Å². The molecular formula is C15H17N3O3. The number of carbonyl (C=O) groups excluding carboxylic acids is 1. The average molecular weight is 287 g/mol. The number of hydrogen-bond acceptors (Lipinski definition) is 4. The number of methoxy groups -OCH3 is 1. The van der Waals surface area contributed by atoms with Crippen molar-refractivity contribution < 1.29 is 9.53 Å². The highest BCUT2D eigenvalue weighted by molar-refractivity contribution is 6.02. The molecule has 110 valence electrons. The van der Waals surface area contributed by atoms with Crippen LogP contribution in [-0.4, -0.2) is 29.4 Å². The van der Waals surface area contributed by atoms with Gasteiger partial charge in [-0.1, -0.05) is 12.1 Å². The van der Waals surface area contributed by atoms with Gasteiger partial charge in [0, 0.05) is 18.9 Å². The van der Waals surface area contributed by atoms with Crippen LogP contribution in [-0.2, 0) is 11.3 Å². The van der Waals surface area contributed by atoms with E-state index in [1.165, 1.54) is 16.8 Å². The maximum atomic E-state index is 12.1. The summed E-state index contributed by atoms with van der Waals surface area (Å²) in [5.74, 6) is -0.355. The second-order valence-corrected chi connectivity index (χ2v) is 4.60. The number of ether oxygens (including phenoxy) is 1. The smallest absolute Gasteiger partial charge is 0.276 e. The largest absolute Gasteiger partial charge is 0.383 e. The van der Waals surface area contributed by atoms with Gasteiger partial charge in [-0.05, 0) is 30.7 Å². The van der Waals surface area contributed by atoms with Crippen LogP contribution in [0.15, 0.2) is 41.2 Å². The minimum Gasteiger partial charge on any atom is -0.383 e. The lowest BCUT2D eigenvalue weighted by atomic mass is 10.2. The Bertz CT molecular complexity index is 695. The molecule has 1 heterocycles. The summed E-state index contributed by atoms with van der Waals surface area (Å²) >= 11 is 0. The Hall–Kier alpha value is -2.47. The second kappa shape index (κ2) is 6.81. The third-order valence-electron chi connectivity index (χ3n) is 2.88. The van der Waals surface area contributed by atoms with Gasteiger partial charge in [0.25, 0.3) is 11.5 Å². The molecule has 6 heteroatoms. The molecule has 0 saturated heterocycles. The van der Waals surface area contributed by atoms with Crippen LogP contribution in [0.1, 0.15) is 16.1 Å². The Labute approximate surface area is 122 Å². The lowest BCUT2D eigenvalue weighted by Crippen LogP contribution is -2.27. The Kier molecular flexibility index (Phi) is 4.84. The van der Waals surface area contributed by atoms with Crippen LogP contribution in [0.25, 0.3) is 0 Å². The molecule has 2 rings (SSSR count). The number of aryl methyl sites for hydroxylation is 1. The van der Waals surface area contributed by atoms with Crippen molar-refractivity contribution in [1.82, 2.24) is 9.78 Å². The molecule has 1 aromatic carbocycles. The van der Waals surface area contributed by atoms with E-state index in [2.05, 4.69) is 10.4 Å². The van der Waals surface area contributed by atoms with E-state index in [9.17, 15) is 9.59 Å². The van der Waals surface area contributed by atoms with Crippen LogP contribution >= 0.6 is 0 Å². The fraction of sp³-hybridized carbons (Fsp3) is 0.267. The zero-order valence-corrected chi connectivity index (χ0v) is 12.0. The number of rotatable bonds is 5. The third kappa shape index (κ3) is 4.00. The third-order valence-corrected chi connectivity index (χ3v) is 2.88. The summed E-state index contributed by atoms with van der Waals surface area (Å²) in [6.45, 7) is 2.61. The van der Waals surface area contributed by atoms with Crippen LogP contribution in [0.3, 0.4) is 0 Å². The molecule has 21 heavy (non-hydrogen) atoms. The molecule has 0 aliphatic carbocycles. The van der Waals surface area contributed by atoms with Crippen molar-refractivity contribution >= 4 is 11.6 Å². The van der Waals surface area contributed by atoms with E-state index in [1.807, 2.05) is 25.1 Å². The minimum absolute atomic E-state index is 0.187. The first-order chi connectivity index (χ1) is 10.1. The van der Waals surface area contributed by atoms with Gasteiger partial charge < -0.3 is 10.1 Å². The van der Waals surface area contributed by atoms with Gasteiger partial charge in [-0.15, -0.1) is 0 Å². The Morgan fingerprint density at radius 3 is 2.86 bits per heavy atom. The highest BCUT2D eigenvalue weighted by Gasteiger charge is 2.10. The van der Waals surface area contributed by atoms with E-state index >= 15 is 0 Å². The first-order valence-electron chi connectivity index (χ1n) is 6.55. The first kappa shape index (κ1) is 14.9. The van der Waals surface area contributed by atoms with Gasteiger partial charge in [0.05, 0.1) is 13.2 Å². The lowest BCUT2D eigenvalue weighted by molar-refractivity contribution is 0.101. The predicted molar refractivity (Wildman–Crippen MR) is 79.5 cm³/mol. The molecule has 1 aromatic heterocycles. The van der Waals surface area contributed by atoms with Crippen molar-refractivity contribution in [2.75, 3.05) is 19.0 Å². The summed E-state index contributed by atoms with van der Waals surface area (Å²) < 4.78 is 6.13. The number of nitrogens with zero attached hydrogens (tertiary/aromatic N) is 2. The molecule has 0 radical (unpaired) electrons. The van der Waals surface area contributed by atoms with Gasteiger partial charge >= 0.3 is 0 Å². The molecule has 0 aliphatic rings. The molecule has 0 atom stereocenters. The monoisotopic (exact) mass is 287 g/mol. The van der Waals surface area contributed by atoms with E-state index in [0.29, 0.717) is 18.8 Å². The highest BCUT2D eigenvalue weighted by atomic mass is 16.5. The van der Waals surface area contributed by atoms with Crippen molar-refractivity contribution in [1.29, 1.82) is 0 Å². The normalized spacial score (nSPS) is 10.4. The van der Waals surface area contributed by atoms with Crippen LogP contribution < -0.4 is 10.9 Å². The van der Waals surface area contributed by atoms with Gasteiger partial charge in [0.2, 0.25) is 0 Å². The minimum atomic E-state index is -0.355. The fourth-order valence-corrected chi connectivity index (χ4v) is 1.83. The van der Waals surface area contributed by atoms with Gasteiger partial charge in [0.1, 0.15) is 5.69 Å². The first-order valence-corrected chi connectivity index (χ1v) is 6.55. The summed E-state index contributed by atoms with van der Waals surface area (Å²) in [5.41, 5.74) is 1.66. The maximum Gasteiger partial charge on any atom is 0.276 e. The summed E-state index contributed by atoms with van der Waals surface area (Å²) in [4.78, 5) is 23.8. The molecule has 0 fully saturated rings. The molecule has 0 unspecified atom stereocenters. The zero-order valence-electron chi connectivity index (χ0n) is 12.0. The van der Waals surface area contributed by atoms with Crippen LogP contribution in [0.2, 0.25) is 0 Å². The number of hydrogen-bond donors (Lipinski definition) is 1. The van der Waals surface area contributed by atoms with Gasteiger partial charge in [-0.25, -0.2) is 4.68 Å². The molecule has 0 saturated carbocycles. The van der Waals surface area contributed by atoms with Crippen LogP contribution in [0, 0.1) is 6.92 Å². The topological polar surface area (TPSA) is 73.2 Å². The number of benzene rings is 1. The maximum absolute atomic E-state index is 12.1. The zero-order chi connectivity index (χ0) is 15.2. The number of anilines is 1. The molecule has 0 spiro atoms. The van der Waals surface area contributed by atoms with Crippen LogP contribution in [0.5, 0.6) is 0 Å². The molecule has 0 bridgehead atoms. The van der Waals surface area contributed by atoms with Crippen molar-refractivity contribution in [3.63, 3.8) is 0 Å². The predicted octanol–water partition coefficient (Wildman–Crippen LogP) is 1.45. The van der Waals surface area contributed by atoms with E-state index < -0.39 is 0 Å².